The van der Waals surface area contributed by atoms with Crippen LogP contribution in [0.3, 0.4) is 0 Å². The van der Waals surface area contributed by atoms with E-state index in [4.69, 9.17) is 4.74 Å². The van der Waals surface area contributed by atoms with Crippen LogP contribution in [0.5, 0.6) is 0 Å². The number of hydrogen-bond donors (Lipinski definition) is 2. The first-order valence-corrected chi connectivity index (χ1v) is 10.0. The Kier molecular flexibility index (Phi) is 5.08. The van der Waals surface area contributed by atoms with E-state index >= 15 is 0 Å². The van der Waals surface area contributed by atoms with E-state index in [1.165, 1.54) is 30.9 Å². The molecule has 0 aliphatic heterocycles. The third-order valence-corrected chi connectivity index (χ3v) is 5.41. The Balaban J connectivity index is 1.35. The van der Waals surface area contributed by atoms with Crippen LogP contribution in [0, 0.1) is 0 Å². The maximum absolute atomic E-state index is 12.3. The second kappa shape index (κ2) is 7.82. The number of imidazole rings is 1. The number of aromatic amines is 1. The number of H-pyrrole nitrogens is 1. The predicted octanol–water partition coefficient (Wildman–Crippen LogP) is 2.65. The number of carbonyl (C=O) groups excluding carboxylic acids is 2. The number of amides is 1. The van der Waals surface area contributed by atoms with Crippen molar-refractivity contribution in [1.82, 2.24) is 24.9 Å². The molecule has 9 nitrogen and oxygen atoms in total. The zero-order valence-corrected chi connectivity index (χ0v) is 16.2. The molecule has 4 rings (SSSR count). The second-order valence-corrected chi connectivity index (χ2v) is 7.42. The Morgan fingerprint density at radius 1 is 1.29 bits per heavy atom. The number of nitrogens with one attached hydrogen (secondary N) is 2. The average Bonchev–Trinajstić information content (AvgIpc) is 3.42. The lowest BCUT2D eigenvalue weighted by Crippen LogP contribution is -2.31. The van der Waals surface area contributed by atoms with Crippen LogP contribution < -0.4 is 5.32 Å². The van der Waals surface area contributed by atoms with E-state index < -0.39 is 18.0 Å². The molecule has 0 fully saturated rings. The minimum atomic E-state index is -0.990. The van der Waals surface area contributed by atoms with Gasteiger partial charge in [0.1, 0.15) is 16.9 Å². The molecule has 0 aliphatic carbocycles. The molecule has 2 N–H and O–H groups in total. The van der Waals surface area contributed by atoms with E-state index in [1.807, 2.05) is 22.2 Å². The molecule has 0 aromatic carbocycles. The van der Waals surface area contributed by atoms with Crippen molar-refractivity contribution in [2.45, 2.75) is 19.4 Å². The maximum atomic E-state index is 12.3. The molecular weight excluding hydrogens is 400 g/mol. The number of carbonyl (C=O) groups is 2. The molecule has 0 bridgehead atoms. The summed E-state index contributed by atoms with van der Waals surface area (Å²) in [6.07, 6.45) is 1.76. The molecule has 4 heterocycles. The SMILES string of the molecule is CC(OC(=O)Cc1csc(-c2ccsc2)n1)C(=O)Nc1ncnc2nc[nH]c12. The van der Waals surface area contributed by atoms with Crippen LogP contribution in [0.1, 0.15) is 12.6 Å². The third-order valence-electron chi connectivity index (χ3n) is 3.79. The van der Waals surface area contributed by atoms with Crippen LogP contribution in [0.4, 0.5) is 5.82 Å². The van der Waals surface area contributed by atoms with Crippen molar-refractivity contribution in [3.8, 4) is 10.6 Å². The minimum Gasteiger partial charge on any atom is -0.452 e. The molecule has 1 amide bonds. The zero-order valence-electron chi connectivity index (χ0n) is 14.6. The molecule has 0 radical (unpaired) electrons. The zero-order chi connectivity index (χ0) is 19.5. The Morgan fingerprint density at radius 2 is 2.18 bits per heavy atom. The highest BCUT2D eigenvalue weighted by molar-refractivity contribution is 7.14. The van der Waals surface area contributed by atoms with Gasteiger partial charge in [-0.1, -0.05) is 0 Å². The highest BCUT2D eigenvalue weighted by Crippen LogP contribution is 2.26. The van der Waals surface area contributed by atoms with Crippen LogP contribution in [-0.2, 0) is 20.7 Å². The topological polar surface area (TPSA) is 123 Å². The molecular formula is C17H14N6O3S2. The monoisotopic (exact) mass is 414 g/mol. The summed E-state index contributed by atoms with van der Waals surface area (Å²) in [6, 6.07) is 1.97. The lowest BCUT2D eigenvalue weighted by molar-refractivity contribution is -0.152. The van der Waals surface area contributed by atoms with Gasteiger partial charge in [0.15, 0.2) is 17.6 Å². The van der Waals surface area contributed by atoms with Gasteiger partial charge in [0, 0.05) is 16.3 Å². The predicted molar refractivity (Wildman–Crippen MR) is 105 cm³/mol. The minimum absolute atomic E-state index is 0.00341. The molecule has 0 saturated heterocycles. The first-order chi connectivity index (χ1) is 13.6. The van der Waals surface area contributed by atoms with E-state index in [0.717, 1.165) is 10.6 Å². The molecule has 11 heteroatoms. The standard InChI is InChI=1S/C17H14N6O3S2/c1-9(16(25)23-15-13-14(19-7-18-13)20-8-21-15)26-12(24)4-11-6-28-17(22-11)10-2-3-27-5-10/h2-3,5-9H,4H2,1H3,(H2,18,19,20,21,23,25). The summed E-state index contributed by atoms with van der Waals surface area (Å²) in [7, 11) is 0. The van der Waals surface area contributed by atoms with Crippen LogP contribution in [0.25, 0.3) is 21.7 Å². The van der Waals surface area contributed by atoms with Crippen LogP contribution in [0.15, 0.2) is 34.9 Å². The molecule has 0 aliphatic rings. The van der Waals surface area contributed by atoms with E-state index in [2.05, 4.69) is 30.2 Å². The molecule has 4 aromatic rings. The number of esters is 1. The fraction of sp³-hybridized carbons (Fsp3) is 0.176. The van der Waals surface area contributed by atoms with Crippen molar-refractivity contribution in [2.24, 2.45) is 0 Å². The highest BCUT2D eigenvalue weighted by atomic mass is 32.1. The first-order valence-electron chi connectivity index (χ1n) is 8.21. The summed E-state index contributed by atoms with van der Waals surface area (Å²) in [5.74, 6) is -0.755. The average molecular weight is 414 g/mol. The Morgan fingerprint density at radius 3 is 3.00 bits per heavy atom. The molecule has 0 spiro atoms. The largest absolute Gasteiger partial charge is 0.452 e. The summed E-state index contributed by atoms with van der Waals surface area (Å²) >= 11 is 3.05. The molecule has 142 valence electrons. The normalized spacial score (nSPS) is 12.0. The van der Waals surface area contributed by atoms with Crippen LogP contribution in [0.2, 0.25) is 0 Å². The number of anilines is 1. The van der Waals surface area contributed by atoms with Gasteiger partial charge < -0.3 is 15.0 Å². The third kappa shape index (κ3) is 3.89. The molecule has 28 heavy (non-hydrogen) atoms. The Labute approximate surface area is 166 Å². The van der Waals surface area contributed by atoms with Gasteiger partial charge in [0.25, 0.3) is 5.91 Å². The Hall–Kier alpha value is -3.18. The number of aromatic nitrogens is 5. The van der Waals surface area contributed by atoms with Crippen molar-refractivity contribution in [3.05, 3.63) is 40.6 Å². The van der Waals surface area contributed by atoms with Crippen molar-refractivity contribution in [1.29, 1.82) is 0 Å². The lowest BCUT2D eigenvalue weighted by Gasteiger charge is -2.12. The van der Waals surface area contributed by atoms with Crippen molar-refractivity contribution in [3.63, 3.8) is 0 Å². The summed E-state index contributed by atoms with van der Waals surface area (Å²) in [5.41, 5.74) is 2.56. The van der Waals surface area contributed by atoms with E-state index in [9.17, 15) is 9.59 Å². The van der Waals surface area contributed by atoms with Gasteiger partial charge >= 0.3 is 5.97 Å². The first kappa shape index (κ1) is 18.2. The summed E-state index contributed by atoms with van der Waals surface area (Å²) < 4.78 is 5.23. The van der Waals surface area contributed by atoms with E-state index in [1.54, 1.807) is 11.3 Å². The molecule has 4 aromatic heterocycles. The van der Waals surface area contributed by atoms with Crippen LogP contribution in [-0.4, -0.2) is 42.9 Å². The van der Waals surface area contributed by atoms with Gasteiger partial charge in [-0.3, -0.25) is 9.59 Å². The van der Waals surface area contributed by atoms with Gasteiger partial charge in [0.05, 0.1) is 18.4 Å². The fourth-order valence-electron chi connectivity index (χ4n) is 2.43. The van der Waals surface area contributed by atoms with Gasteiger partial charge in [-0.05, 0) is 18.4 Å². The van der Waals surface area contributed by atoms with Crippen molar-refractivity contribution >= 4 is 51.5 Å². The number of hydrogen-bond acceptors (Lipinski definition) is 9. The number of nitrogens with zero attached hydrogens (tertiary/aromatic N) is 4. The summed E-state index contributed by atoms with van der Waals surface area (Å²) in [5, 5.41) is 9.24. The second-order valence-electron chi connectivity index (χ2n) is 5.78. The molecule has 1 atom stereocenters. The Bertz CT molecular complexity index is 1120. The van der Waals surface area contributed by atoms with Gasteiger partial charge in [-0.2, -0.15) is 11.3 Å². The number of thiazole rings is 1. The fourth-order valence-corrected chi connectivity index (χ4v) is 3.96. The van der Waals surface area contributed by atoms with Crippen molar-refractivity contribution < 1.29 is 14.3 Å². The van der Waals surface area contributed by atoms with Gasteiger partial charge in [-0.15, -0.1) is 11.3 Å². The number of thiophene rings is 1. The number of rotatable bonds is 6. The lowest BCUT2D eigenvalue weighted by atomic mass is 10.3. The van der Waals surface area contributed by atoms with E-state index in [-0.39, 0.29) is 12.2 Å². The number of fused-ring (bicyclic) bond motifs is 1. The maximum Gasteiger partial charge on any atom is 0.312 e. The summed E-state index contributed by atoms with van der Waals surface area (Å²) in [4.78, 5) is 43.8. The van der Waals surface area contributed by atoms with Gasteiger partial charge in [-0.25, -0.2) is 19.9 Å². The summed E-state index contributed by atoms with van der Waals surface area (Å²) in [6.45, 7) is 1.50. The smallest absolute Gasteiger partial charge is 0.312 e. The highest BCUT2D eigenvalue weighted by Gasteiger charge is 2.20. The quantitative estimate of drug-likeness (QED) is 0.465. The van der Waals surface area contributed by atoms with Crippen molar-refractivity contribution in [2.75, 3.05) is 5.32 Å². The number of ether oxygens (including phenoxy) is 1. The molecule has 0 saturated carbocycles. The van der Waals surface area contributed by atoms with E-state index in [0.29, 0.717) is 16.9 Å². The van der Waals surface area contributed by atoms with Gasteiger partial charge in [0.2, 0.25) is 0 Å². The van der Waals surface area contributed by atoms with Crippen LogP contribution >= 0.6 is 22.7 Å². The molecule has 1 unspecified atom stereocenters.